The minimum absolute atomic E-state index is 0.148. The fraction of sp³-hybridized carbons (Fsp3) is 0.500. The third-order valence-corrected chi connectivity index (χ3v) is 3.68. The summed E-state index contributed by atoms with van der Waals surface area (Å²) in [5.41, 5.74) is 0.428. The third kappa shape index (κ3) is 3.07. The lowest BCUT2D eigenvalue weighted by atomic mass is 9.99. The number of amides is 1. The number of carbonyl (C=O) groups is 1. The number of aromatic nitrogens is 4. The second-order valence-electron chi connectivity index (χ2n) is 5.16. The maximum Gasteiger partial charge on any atom is 0.269 e. The van der Waals surface area contributed by atoms with E-state index in [2.05, 4.69) is 25.1 Å². The summed E-state index contributed by atoms with van der Waals surface area (Å²) in [7, 11) is 0. The number of imidazole rings is 1. The molecule has 0 saturated heterocycles. The number of hydrogen-bond acceptors (Lipinski definition) is 4. The van der Waals surface area contributed by atoms with Crippen molar-refractivity contribution in [2.75, 3.05) is 13.2 Å². The van der Waals surface area contributed by atoms with Crippen molar-refractivity contribution in [1.82, 2.24) is 25.1 Å². The molecule has 1 aliphatic rings. The molecule has 1 amide bonds. The van der Waals surface area contributed by atoms with E-state index in [0.29, 0.717) is 30.6 Å². The van der Waals surface area contributed by atoms with Gasteiger partial charge in [0.15, 0.2) is 0 Å². The standard InChI is InChI=1S/C14H19N5O2/c1-2-21-13-7-11(17-18-13)14(20)16-8-10-3-4-12-15-5-6-19(12)9-10/h5-7,10H,2-4,8-9H2,1H3,(H,16,20)(H,17,18). The Labute approximate surface area is 122 Å². The topological polar surface area (TPSA) is 84.8 Å². The molecule has 3 rings (SSSR count). The van der Waals surface area contributed by atoms with Crippen molar-refractivity contribution < 1.29 is 9.53 Å². The number of aryl methyl sites for hydroxylation is 1. The van der Waals surface area contributed by atoms with Crippen LogP contribution in [0.2, 0.25) is 0 Å². The molecule has 0 saturated carbocycles. The van der Waals surface area contributed by atoms with Gasteiger partial charge in [0.25, 0.3) is 5.91 Å². The molecular formula is C14H19N5O2. The van der Waals surface area contributed by atoms with Crippen molar-refractivity contribution in [3.8, 4) is 5.88 Å². The third-order valence-electron chi connectivity index (χ3n) is 3.68. The number of ether oxygens (including phenoxy) is 1. The summed E-state index contributed by atoms with van der Waals surface area (Å²) >= 11 is 0. The molecule has 0 fully saturated rings. The number of H-pyrrole nitrogens is 1. The van der Waals surface area contributed by atoms with Crippen LogP contribution in [0.5, 0.6) is 5.88 Å². The number of carbonyl (C=O) groups excluding carboxylic acids is 1. The summed E-state index contributed by atoms with van der Waals surface area (Å²) in [6.07, 6.45) is 5.83. The largest absolute Gasteiger partial charge is 0.477 e. The van der Waals surface area contributed by atoms with Gasteiger partial charge in [-0.2, -0.15) is 0 Å². The quantitative estimate of drug-likeness (QED) is 0.860. The van der Waals surface area contributed by atoms with Crippen molar-refractivity contribution in [1.29, 1.82) is 0 Å². The number of rotatable bonds is 5. The van der Waals surface area contributed by atoms with E-state index in [1.165, 1.54) is 0 Å². The Morgan fingerprint density at radius 1 is 1.62 bits per heavy atom. The average molecular weight is 289 g/mol. The van der Waals surface area contributed by atoms with Crippen molar-refractivity contribution in [2.45, 2.75) is 26.3 Å². The molecule has 2 aromatic heterocycles. The Hall–Kier alpha value is -2.31. The molecule has 0 bridgehead atoms. The van der Waals surface area contributed by atoms with Crippen LogP contribution in [-0.2, 0) is 13.0 Å². The van der Waals surface area contributed by atoms with Gasteiger partial charge in [-0.1, -0.05) is 0 Å². The molecule has 1 atom stereocenters. The van der Waals surface area contributed by atoms with E-state index in [1.807, 2.05) is 19.3 Å². The van der Waals surface area contributed by atoms with Gasteiger partial charge in [-0.3, -0.25) is 9.89 Å². The molecule has 2 aromatic rings. The van der Waals surface area contributed by atoms with Crippen LogP contribution in [-0.4, -0.2) is 38.8 Å². The molecule has 112 valence electrons. The lowest BCUT2D eigenvalue weighted by Crippen LogP contribution is -2.33. The summed E-state index contributed by atoms with van der Waals surface area (Å²) in [5.74, 6) is 1.87. The van der Waals surface area contributed by atoms with Crippen LogP contribution < -0.4 is 10.1 Å². The second-order valence-corrected chi connectivity index (χ2v) is 5.16. The van der Waals surface area contributed by atoms with E-state index < -0.39 is 0 Å². The molecular weight excluding hydrogens is 270 g/mol. The van der Waals surface area contributed by atoms with Gasteiger partial charge in [-0.15, -0.1) is 5.10 Å². The predicted molar refractivity (Wildman–Crippen MR) is 76.1 cm³/mol. The number of fused-ring (bicyclic) bond motifs is 1. The van der Waals surface area contributed by atoms with Gasteiger partial charge in [-0.25, -0.2) is 4.98 Å². The molecule has 3 heterocycles. The summed E-state index contributed by atoms with van der Waals surface area (Å²) in [5, 5.41) is 9.56. The summed E-state index contributed by atoms with van der Waals surface area (Å²) < 4.78 is 7.39. The first kappa shape index (κ1) is 13.7. The Morgan fingerprint density at radius 3 is 3.38 bits per heavy atom. The van der Waals surface area contributed by atoms with E-state index in [1.54, 1.807) is 6.07 Å². The lowest BCUT2D eigenvalue weighted by Gasteiger charge is -2.23. The molecule has 1 unspecified atom stereocenters. The smallest absolute Gasteiger partial charge is 0.269 e. The van der Waals surface area contributed by atoms with Gasteiger partial charge in [0.1, 0.15) is 11.5 Å². The molecule has 2 N–H and O–H groups in total. The van der Waals surface area contributed by atoms with E-state index in [0.717, 1.165) is 25.2 Å². The Bertz CT molecular complexity index is 618. The van der Waals surface area contributed by atoms with Crippen LogP contribution in [0.4, 0.5) is 0 Å². The zero-order chi connectivity index (χ0) is 14.7. The fourth-order valence-electron chi connectivity index (χ4n) is 2.58. The summed E-state index contributed by atoms with van der Waals surface area (Å²) in [4.78, 5) is 16.3. The normalized spacial score (nSPS) is 17.3. The number of nitrogens with one attached hydrogen (secondary N) is 2. The Kier molecular flexibility index (Phi) is 3.89. The van der Waals surface area contributed by atoms with Crippen molar-refractivity contribution in [3.05, 3.63) is 30.0 Å². The van der Waals surface area contributed by atoms with E-state index in [9.17, 15) is 4.79 Å². The predicted octanol–water partition coefficient (Wildman–Crippen LogP) is 0.997. The van der Waals surface area contributed by atoms with Gasteiger partial charge < -0.3 is 14.6 Å². The molecule has 0 radical (unpaired) electrons. The van der Waals surface area contributed by atoms with Gasteiger partial charge in [-0.05, 0) is 19.3 Å². The van der Waals surface area contributed by atoms with Crippen LogP contribution in [0.1, 0.15) is 29.7 Å². The minimum atomic E-state index is -0.148. The first-order valence-electron chi connectivity index (χ1n) is 7.22. The molecule has 0 spiro atoms. The Balaban J connectivity index is 1.52. The van der Waals surface area contributed by atoms with E-state index in [-0.39, 0.29) is 5.91 Å². The molecule has 7 nitrogen and oxygen atoms in total. The summed E-state index contributed by atoms with van der Waals surface area (Å²) in [6, 6.07) is 1.62. The molecule has 7 heteroatoms. The van der Waals surface area contributed by atoms with Crippen molar-refractivity contribution >= 4 is 5.91 Å². The minimum Gasteiger partial charge on any atom is -0.477 e. The maximum absolute atomic E-state index is 12.0. The lowest BCUT2D eigenvalue weighted by molar-refractivity contribution is 0.0938. The highest BCUT2D eigenvalue weighted by molar-refractivity contribution is 5.92. The first-order valence-corrected chi connectivity index (χ1v) is 7.22. The monoisotopic (exact) mass is 289 g/mol. The molecule has 21 heavy (non-hydrogen) atoms. The Morgan fingerprint density at radius 2 is 2.52 bits per heavy atom. The highest BCUT2D eigenvalue weighted by Crippen LogP contribution is 2.18. The molecule has 0 aliphatic carbocycles. The van der Waals surface area contributed by atoms with Crippen molar-refractivity contribution in [3.63, 3.8) is 0 Å². The molecule has 1 aliphatic heterocycles. The second kappa shape index (κ2) is 5.99. The zero-order valence-electron chi connectivity index (χ0n) is 12.0. The highest BCUT2D eigenvalue weighted by atomic mass is 16.5. The van der Waals surface area contributed by atoms with Crippen LogP contribution in [0, 0.1) is 5.92 Å². The zero-order valence-corrected chi connectivity index (χ0v) is 12.0. The van der Waals surface area contributed by atoms with Crippen LogP contribution in [0.25, 0.3) is 0 Å². The van der Waals surface area contributed by atoms with Gasteiger partial charge in [0, 0.05) is 38.0 Å². The van der Waals surface area contributed by atoms with Crippen LogP contribution in [0.3, 0.4) is 0 Å². The average Bonchev–Trinajstić information content (AvgIpc) is 3.13. The van der Waals surface area contributed by atoms with Crippen LogP contribution in [0.15, 0.2) is 18.5 Å². The fourth-order valence-corrected chi connectivity index (χ4v) is 2.58. The van der Waals surface area contributed by atoms with Crippen molar-refractivity contribution in [2.24, 2.45) is 5.92 Å². The van der Waals surface area contributed by atoms with Gasteiger partial charge in [0.2, 0.25) is 5.88 Å². The van der Waals surface area contributed by atoms with Gasteiger partial charge >= 0.3 is 0 Å². The van der Waals surface area contributed by atoms with E-state index >= 15 is 0 Å². The summed E-state index contributed by atoms with van der Waals surface area (Å²) in [6.45, 7) is 3.96. The number of nitrogens with zero attached hydrogens (tertiary/aromatic N) is 3. The highest BCUT2D eigenvalue weighted by Gasteiger charge is 2.20. The number of hydrogen-bond donors (Lipinski definition) is 2. The first-order chi connectivity index (χ1) is 10.3. The van der Waals surface area contributed by atoms with Gasteiger partial charge in [0.05, 0.1) is 6.61 Å². The van der Waals surface area contributed by atoms with E-state index in [4.69, 9.17) is 4.74 Å². The molecule has 0 aromatic carbocycles. The number of aromatic amines is 1. The maximum atomic E-state index is 12.0. The van der Waals surface area contributed by atoms with Crippen LogP contribution >= 0.6 is 0 Å². The SMILES string of the molecule is CCOc1cc(C(=O)NCC2CCc3nccn3C2)[nH]n1.